The van der Waals surface area contributed by atoms with Gasteiger partial charge >= 0.3 is 12.1 Å². The van der Waals surface area contributed by atoms with E-state index in [2.05, 4.69) is 10.6 Å². The Morgan fingerprint density at radius 2 is 1.42 bits per heavy atom. The van der Waals surface area contributed by atoms with E-state index in [1.807, 2.05) is 50.2 Å². The van der Waals surface area contributed by atoms with Crippen molar-refractivity contribution >= 4 is 29.8 Å². The molecule has 0 saturated carbocycles. The van der Waals surface area contributed by atoms with Gasteiger partial charge in [-0.05, 0) is 84.1 Å². The molecule has 4 amide bonds. The van der Waals surface area contributed by atoms with Crippen LogP contribution in [0.1, 0.15) is 82.7 Å². The summed E-state index contributed by atoms with van der Waals surface area (Å²) in [6, 6.07) is 11.0. The normalized spacial score (nSPS) is 13.5. The predicted octanol–water partition coefficient (Wildman–Crippen LogP) is 4.03. The van der Waals surface area contributed by atoms with Crippen molar-refractivity contribution in [2.24, 2.45) is 5.73 Å². The molecule has 0 aliphatic rings. The van der Waals surface area contributed by atoms with Crippen molar-refractivity contribution in [3.05, 3.63) is 70.8 Å². The average Bonchev–Trinajstić information content (AvgIpc) is 2.90. The zero-order valence-electron chi connectivity index (χ0n) is 27.9. The first-order valence-corrected chi connectivity index (χ1v) is 15.0. The van der Waals surface area contributed by atoms with Gasteiger partial charge in [0.05, 0.1) is 0 Å². The van der Waals surface area contributed by atoms with Gasteiger partial charge in [-0.1, -0.05) is 48.5 Å². The SMILES string of the molecule is Cc1ccc(C(C(=O)NC(Cc2ccccc2)C(=O)OC(C)(C)C)N(C)C(=O)C(CCC(N)=O)NC(=O)OC(C)(C)C)cc1C. The lowest BCUT2D eigenvalue weighted by Crippen LogP contribution is -2.54. The molecule has 0 spiro atoms. The van der Waals surface area contributed by atoms with Gasteiger partial charge in [0.2, 0.25) is 17.7 Å². The van der Waals surface area contributed by atoms with E-state index >= 15 is 0 Å². The lowest BCUT2D eigenvalue weighted by atomic mass is 9.97. The number of nitrogens with zero attached hydrogens (tertiary/aromatic N) is 1. The maximum absolute atomic E-state index is 14.2. The average molecular weight is 625 g/mol. The summed E-state index contributed by atoms with van der Waals surface area (Å²) in [5.41, 5.74) is 6.86. The van der Waals surface area contributed by atoms with Crippen LogP contribution in [0.4, 0.5) is 4.79 Å². The van der Waals surface area contributed by atoms with Crippen LogP contribution < -0.4 is 16.4 Å². The predicted molar refractivity (Wildman–Crippen MR) is 171 cm³/mol. The fourth-order valence-corrected chi connectivity index (χ4v) is 4.52. The first-order chi connectivity index (χ1) is 20.8. The highest BCUT2D eigenvalue weighted by atomic mass is 16.6. The third-order valence-corrected chi connectivity index (χ3v) is 6.79. The molecule has 0 heterocycles. The second-order valence-corrected chi connectivity index (χ2v) is 13.2. The Morgan fingerprint density at radius 1 is 0.822 bits per heavy atom. The number of nitrogens with one attached hydrogen (secondary N) is 2. The van der Waals surface area contributed by atoms with Gasteiger partial charge in [0, 0.05) is 19.9 Å². The molecule has 2 aromatic carbocycles. The first kappa shape index (κ1) is 36.8. The number of alkyl carbamates (subject to hydrolysis) is 1. The van der Waals surface area contributed by atoms with Crippen LogP contribution in [0.3, 0.4) is 0 Å². The van der Waals surface area contributed by atoms with Crippen LogP contribution in [0, 0.1) is 13.8 Å². The molecule has 45 heavy (non-hydrogen) atoms. The van der Waals surface area contributed by atoms with Crippen LogP contribution in [-0.2, 0) is 35.1 Å². The van der Waals surface area contributed by atoms with E-state index in [-0.39, 0.29) is 19.3 Å². The molecule has 0 saturated heterocycles. The van der Waals surface area contributed by atoms with Gasteiger partial charge < -0.3 is 30.7 Å². The molecular weight excluding hydrogens is 576 g/mol. The van der Waals surface area contributed by atoms with Crippen molar-refractivity contribution in [3.63, 3.8) is 0 Å². The van der Waals surface area contributed by atoms with Crippen molar-refractivity contribution in [2.45, 2.75) is 104 Å². The van der Waals surface area contributed by atoms with Crippen molar-refractivity contribution in [3.8, 4) is 0 Å². The Kier molecular flexibility index (Phi) is 12.7. The maximum atomic E-state index is 14.2. The van der Waals surface area contributed by atoms with E-state index in [9.17, 15) is 24.0 Å². The van der Waals surface area contributed by atoms with Crippen molar-refractivity contribution in [2.75, 3.05) is 7.05 Å². The van der Waals surface area contributed by atoms with E-state index in [4.69, 9.17) is 15.2 Å². The molecule has 0 fully saturated rings. The van der Waals surface area contributed by atoms with Crippen LogP contribution >= 0.6 is 0 Å². The fraction of sp³-hybridized carbons (Fsp3) is 0.500. The molecule has 4 N–H and O–H groups in total. The van der Waals surface area contributed by atoms with Gasteiger partial charge in [-0.25, -0.2) is 9.59 Å². The molecule has 2 rings (SSSR count). The minimum Gasteiger partial charge on any atom is -0.458 e. The standard InChI is InChI=1S/C34H48N4O7/c1-21-15-16-24(19-22(21)2)28(38(9)30(41)25(17-18-27(35)39)37-32(43)45-34(6,7)8)29(40)36-26(31(42)44-33(3,4)5)20-23-13-11-10-12-14-23/h10-16,19,25-26,28H,17-18,20H2,1-9H3,(H2,35,39)(H,36,40)(H,37,43). The number of rotatable bonds is 12. The quantitative estimate of drug-likeness (QED) is 0.301. The highest BCUT2D eigenvalue weighted by Gasteiger charge is 2.37. The molecule has 0 aliphatic heterocycles. The van der Waals surface area contributed by atoms with Crippen LogP contribution in [0.15, 0.2) is 48.5 Å². The zero-order chi connectivity index (χ0) is 34.1. The number of esters is 1. The fourth-order valence-electron chi connectivity index (χ4n) is 4.52. The molecule has 0 radical (unpaired) electrons. The molecule has 11 heteroatoms. The molecule has 3 atom stereocenters. The molecule has 3 unspecified atom stereocenters. The summed E-state index contributed by atoms with van der Waals surface area (Å²) in [5, 5.41) is 5.35. The number of hydrogen-bond donors (Lipinski definition) is 3. The number of amides is 4. The monoisotopic (exact) mass is 624 g/mol. The number of aryl methyl sites for hydroxylation is 2. The van der Waals surface area contributed by atoms with Crippen LogP contribution in [0.5, 0.6) is 0 Å². The largest absolute Gasteiger partial charge is 0.458 e. The smallest absolute Gasteiger partial charge is 0.408 e. The van der Waals surface area contributed by atoms with Crippen LogP contribution in [0.2, 0.25) is 0 Å². The Balaban J connectivity index is 2.52. The Morgan fingerprint density at radius 3 is 1.96 bits per heavy atom. The molecule has 0 aromatic heterocycles. The van der Waals surface area contributed by atoms with Gasteiger partial charge in [-0.3, -0.25) is 14.4 Å². The zero-order valence-corrected chi connectivity index (χ0v) is 27.9. The van der Waals surface area contributed by atoms with E-state index < -0.39 is 59.1 Å². The molecule has 0 bridgehead atoms. The number of nitrogens with two attached hydrogens (primary N) is 1. The van der Waals surface area contributed by atoms with Crippen molar-refractivity contribution in [1.82, 2.24) is 15.5 Å². The third kappa shape index (κ3) is 12.2. The van der Waals surface area contributed by atoms with E-state index in [1.54, 1.807) is 53.7 Å². The van der Waals surface area contributed by atoms with Gasteiger partial charge in [-0.2, -0.15) is 0 Å². The lowest BCUT2D eigenvalue weighted by Gasteiger charge is -2.33. The third-order valence-electron chi connectivity index (χ3n) is 6.79. The summed E-state index contributed by atoms with van der Waals surface area (Å²) in [5.74, 6) is -2.58. The molecule has 11 nitrogen and oxygen atoms in total. The van der Waals surface area contributed by atoms with Gasteiger partial charge in [-0.15, -0.1) is 0 Å². The summed E-state index contributed by atoms with van der Waals surface area (Å²) in [7, 11) is 1.43. The number of likely N-dealkylation sites (N-methyl/N-ethyl adjacent to an activating group) is 1. The van der Waals surface area contributed by atoms with E-state index in [0.29, 0.717) is 5.56 Å². The summed E-state index contributed by atoms with van der Waals surface area (Å²) < 4.78 is 11.0. The summed E-state index contributed by atoms with van der Waals surface area (Å²) in [4.78, 5) is 66.9. The first-order valence-electron chi connectivity index (χ1n) is 15.0. The summed E-state index contributed by atoms with van der Waals surface area (Å²) >= 11 is 0. The number of hydrogen-bond acceptors (Lipinski definition) is 7. The van der Waals surface area contributed by atoms with Crippen LogP contribution in [0.25, 0.3) is 0 Å². The van der Waals surface area contributed by atoms with Gasteiger partial charge in [0.1, 0.15) is 29.3 Å². The topological polar surface area (TPSA) is 157 Å². The minimum atomic E-state index is -1.23. The van der Waals surface area contributed by atoms with E-state index in [1.165, 1.54) is 11.9 Å². The Hall–Kier alpha value is -4.41. The molecule has 0 aliphatic carbocycles. The Bertz CT molecular complexity index is 1360. The number of benzene rings is 2. The molecule has 246 valence electrons. The minimum absolute atomic E-state index is 0.118. The lowest BCUT2D eigenvalue weighted by molar-refractivity contribution is -0.159. The maximum Gasteiger partial charge on any atom is 0.408 e. The number of ether oxygens (including phenoxy) is 2. The second kappa shape index (κ2) is 15.5. The second-order valence-electron chi connectivity index (χ2n) is 13.2. The Labute approximate surface area is 266 Å². The highest BCUT2D eigenvalue weighted by molar-refractivity contribution is 5.94. The number of primary amides is 1. The number of carbonyl (C=O) groups is 5. The summed E-state index contributed by atoms with van der Waals surface area (Å²) in [6.07, 6.45) is -1.02. The van der Waals surface area contributed by atoms with Crippen molar-refractivity contribution < 1.29 is 33.4 Å². The summed E-state index contributed by atoms with van der Waals surface area (Å²) in [6.45, 7) is 14.0. The van der Waals surface area contributed by atoms with E-state index in [0.717, 1.165) is 16.7 Å². The molecule has 2 aromatic rings. The van der Waals surface area contributed by atoms with Crippen molar-refractivity contribution in [1.29, 1.82) is 0 Å². The van der Waals surface area contributed by atoms with Crippen LogP contribution in [-0.4, -0.2) is 65.0 Å². The highest BCUT2D eigenvalue weighted by Crippen LogP contribution is 2.25. The number of carbonyl (C=O) groups excluding carboxylic acids is 5. The van der Waals surface area contributed by atoms with Gasteiger partial charge in [0.25, 0.3) is 0 Å². The molecular formula is C34H48N4O7. The van der Waals surface area contributed by atoms with Gasteiger partial charge in [0.15, 0.2) is 0 Å².